The van der Waals surface area contributed by atoms with Gasteiger partial charge in [0.1, 0.15) is 11.3 Å². The van der Waals surface area contributed by atoms with Crippen LogP contribution >= 0.6 is 0 Å². The lowest BCUT2D eigenvalue weighted by molar-refractivity contribution is 0.103. The second-order valence-corrected chi connectivity index (χ2v) is 6.73. The molecule has 0 saturated carbocycles. The molecule has 0 atom stereocenters. The summed E-state index contributed by atoms with van der Waals surface area (Å²) in [5.41, 5.74) is 3.40. The Bertz CT molecular complexity index is 1300. The molecule has 0 aliphatic heterocycles. The number of benzene rings is 3. The molecule has 0 unspecified atom stereocenters. The highest BCUT2D eigenvalue weighted by atomic mass is 16.5. The van der Waals surface area contributed by atoms with E-state index in [1.54, 1.807) is 25.3 Å². The Labute approximate surface area is 167 Å². The molecule has 0 saturated heterocycles. The Morgan fingerprint density at radius 3 is 2.55 bits per heavy atom. The van der Waals surface area contributed by atoms with Crippen molar-refractivity contribution in [1.29, 1.82) is 0 Å². The van der Waals surface area contributed by atoms with Crippen molar-refractivity contribution in [2.45, 2.75) is 6.92 Å². The predicted octanol–water partition coefficient (Wildman–Crippen LogP) is 5.87. The number of carbonyl (C=O) groups is 1. The van der Waals surface area contributed by atoms with Gasteiger partial charge >= 0.3 is 0 Å². The number of ether oxygens (including phenoxy) is 2. The van der Waals surface area contributed by atoms with Crippen LogP contribution in [0.4, 0.5) is 0 Å². The largest absolute Gasteiger partial charge is 0.493 e. The van der Waals surface area contributed by atoms with Crippen molar-refractivity contribution >= 4 is 22.8 Å². The van der Waals surface area contributed by atoms with Crippen molar-refractivity contribution in [1.82, 2.24) is 5.16 Å². The van der Waals surface area contributed by atoms with Crippen LogP contribution in [0.25, 0.3) is 28.3 Å². The molecule has 5 heteroatoms. The quantitative estimate of drug-likeness (QED) is 0.388. The molecule has 1 heterocycles. The van der Waals surface area contributed by atoms with Crippen LogP contribution in [0.5, 0.6) is 17.2 Å². The van der Waals surface area contributed by atoms with E-state index in [2.05, 4.69) is 5.16 Å². The normalized spacial score (nSPS) is 12.4. The zero-order valence-electron chi connectivity index (χ0n) is 15.9. The molecule has 0 fully saturated rings. The molecule has 5 nitrogen and oxygen atoms in total. The van der Waals surface area contributed by atoms with Gasteiger partial charge in [0.2, 0.25) is 0 Å². The maximum Gasteiger partial charge on any atom is 0.198 e. The lowest BCUT2D eigenvalue weighted by atomic mass is 9.87. The lowest BCUT2D eigenvalue weighted by Crippen LogP contribution is -2.10. The zero-order chi connectivity index (χ0) is 20.0. The van der Waals surface area contributed by atoms with Crippen LogP contribution in [0.15, 0.2) is 65.2 Å². The third-order valence-electron chi connectivity index (χ3n) is 5.02. The van der Waals surface area contributed by atoms with Crippen LogP contribution in [0, 0.1) is 0 Å². The molecule has 5 rings (SSSR count). The van der Waals surface area contributed by atoms with Gasteiger partial charge in [0.05, 0.1) is 18.1 Å². The van der Waals surface area contributed by atoms with Crippen molar-refractivity contribution in [3.05, 3.63) is 77.4 Å². The van der Waals surface area contributed by atoms with Gasteiger partial charge in [-0.15, -0.1) is 0 Å². The highest BCUT2D eigenvalue weighted by Gasteiger charge is 2.32. The van der Waals surface area contributed by atoms with E-state index < -0.39 is 0 Å². The Morgan fingerprint density at radius 2 is 1.76 bits per heavy atom. The van der Waals surface area contributed by atoms with Gasteiger partial charge < -0.3 is 14.0 Å². The Morgan fingerprint density at radius 1 is 0.966 bits per heavy atom. The summed E-state index contributed by atoms with van der Waals surface area (Å²) >= 11 is 0. The average molecular weight is 383 g/mol. The van der Waals surface area contributed by atoms with Crippen LogP contribution in [-0.4, -0.2) is 18.0 Å². The monoisotopic (exact) mass is 383 g/mol. The SMILES string of the molecule is C/C=C/c1ccc(Oc2ccc3noc4c3c2C(=O)c2ccccc2-4)c(OC)c1. The van der Waals surface area contributed by atoms with Crippen LogP contribution < -0.4 is 9.47 Å². The molecule has 0 spiro atoms. The molecule has 4 aromatic rings. The summed E-state index contributed by atoms with van der Waals surface area (Å²) in [4.78, 5) is 13.3. The topological polar surface area (TPSA) is 61.6 Å². The smallest absolute Gasteiger partial charge is 0.198 e. The minimum Gasteiger partial charge on any atom is -0.493 e. The van der Waals surface area contributed by atoms with Gasteiger partial charge in [0, 0.05) is 11.1 Å². The number of carbonyl (C=O) groups excluding carboxylic acids is 1. The van der Waals surface area contributed by atoms with Gasteiger partial charge in [-0.2, -0.15) is 0 Å². The highest BCUT2D eigenvalue weighted by molar-refractivity contribution is 6.26. The molecule has 0 amide bonds. The van der Waals surface area contributed by atoms with Crippen molar-refractivity contribution in [3.63, 3.8) is 0 Å². The van der Waals surface area contributed by atoms with E-state index in [0.717, 1.165) is 11.1 Å². The van der Waals surface area contributed by atoms with Gasteiger partial charge in [-0.05, 0) is 36.8 Å². The lowest BCUT2D eigenvalue weighted by Gasteiger charge is -2.18. The molecule has 1 aliphatic carbocycles. The number of hydrogen-bond acceptors (Lipinski definition) is 5. The van der Waals surface area contributed by atoms with E-state index in [4.69, 9.17) is 14.0 Å². The fraction of sp³-hybridized carbons (Fsp3) is 0.0833. The summed E-state index contributed by atoms with van der Waals surface area (Å²) < 4.78 is 17.2. The fourth-order valence-corrected chi connectivity index (χ4v) is 3.71. The van der Waals surface area contributed by atoms with Crippen molar-refractivity contribution in [2.24, 2.45) is 0 Å². The van der Waals surface area contributed by atoms with Gasteiger partial charge in [-0.3, -0.25) is 4.79 Å². The van der Waals surface area contributed by atoms with Gasteiger partial charge in [-0.25, -0.2) is 0 Å². The molecule has 1 aromatic heterocycles. The number of fused-ring (bicyclic) bond motifs is 2. The van der Waals surface area contributed by atoms with E-state index in [9.17, 15) is 4.79 Å². The number of methoxy groups -OCH3 is 1. The Kier molecular flexibility index (Phi) is 3.95. The van der Waals surface area contributed by atoms with Crippen LogP contribution in [0.1, 0.15) is 28.4 Å². The standard InChI is InChI=1S/C24H17NO4/c1-3-6-14-9-11-18(20(13-14)27-2)28-19-12-10-17-21-22(19)23(26)15-7-4-5-8-16(15)24(21)29-25-17/h3-13H,1-2H3/b6-3+. The predicted molar refractivity (Wildman–Crippen MR) is 111 cm³/mol. The summed E-state index contributed by atoms with van der Waals surface area (Å²) in [5.74, 6) is 2.04. The maximum absolute atomic E-state index is 13.3. The summed E-state index contributed by atoms with van der Waals surface area (Å²) in [7, 11) is 1.59. The number of hydrogen-bond donors (Lipinski definition) is 0. The summed E-state index contributed by atoms with van der Waals surface area (Å²) in [5, 5.41) is 4.80. The number of nitrogens with zero attached hydrogens (tertiary/aromatic N) is 1. The van der Waals surface area contributed by atoms with Crippen LogP contribution in [0.2, 0.25) is 0 Å². The molecular weight excluding hydrogens is 366 g/mol. The first kappa shape index (κ1) is 17.3. The van der Waals surface area contributed by atoms with Crippen LogP contribution in [0.3, 0.4) is 0 Å². The molecule has 0 bridgehead atoms. The molecule has 3 aromatic carbocycles. The first-order valence-corrected chi connectivity index (χ1v) is 9.26. The zero-order valence-corrected chi connectivity index (χ0v) is 15.9. The summed E-state index contributed by atoms with van der Waals surface area (Å²) in [6.45, 7) is 1.96. The van der Waals surface area contributed by atoms with Gasteiger partial charge in [0.15, 0.2) is 23.0 Å². The Balaban J connectivity index is 1.68. The van der Waals surface area contributed by atoms with E-state index in [0.29, 0.717) is 45.0 Å². The third-order valence-corrected chi connectivity index (χ3v) is 5.02. The maximum atomic E-state index is 13.3. The second kappa shape index (κ2) is 6.63. The highest BCUT2D eigenvalue weighted by Crippen LogP contribution is 2.44. The van der Waals surface area contributed by atoms with Crippen LogP contribution in [-0.2, 0) is 0 Å². The first-order chi connectivity index (χ1) is 14.2. The summed E-state index contributed by atoms with van der Waals surface area (Å²) in [6.07, 6.45) is 3.93. The number of ketones is 1. The van der Waals surface area contributed by atoms with Crippen molar-refractivity contribution in [2.75, 3.05) is 7.11 Å². The average Bonchev–Trinajstić information content (AvgIpc) is 3.18. The number of aromatic nitrogens is 1. The summed E-state index contributed by atoms with van der Waals surface area (Å²) in [6, 6.07) is 16.6. The van der Waals surface area contributed by atoms with Gasteiger partial charge in [0.25, 0.3) is 0 Å². The Hall–Kier alpha value is -3.86. The third kappa shape index (κ3) is 2.63. The molecule has 0 radical (unpaired) electrons. The van der Waals surface area contributed by atoms with E-state index in [1.165, 1.54) is 0 Å². The number of allylic oxidation sites excluding steroid dienone is 1. The van der Waals surface area contributed by atoms with Gasteiger partial charge in [-0.1, -0.05) is 47.6 Å². The molecular formula is C24H17NO4. The molecule has 29 heavy (non-hydrogen) atoms. The van der Waals surface area contributed by atoms with E-state index in [1.807, 2.05) is 55.5 Å². The number of rotatable bonds is 4. The minimum absolute atomic E-state index is 0.110. The molecule has 142 valence electrons. The molecule has 0 N–H and O–H groups in total. The molecule has 1 aliphatic rings. The van der Waals surface area contributed by atoms with E-state index in [-0.39, 0.29) is 5.78 Å². The second-order valence-electron chi connectivity index (χ2n) is 6.73. The minimum atomic E-state index is -0.110. The van der Waals surface area contributed by atoms with Crippen molar-refractivity contribution < 1.29 is 18.8 Å². The first-order valence-electron chi connectivity index (χ1n) is 9.26. The fourth-order valence-electron chi connectivity index (χ4n) is 3.71. The van der Waals surface area contributed by atoms with Crippen molar-refractivity contribution in [3.8, 4) is 28.6 Å². The van der Waals surface area contributed by atoms with E-state index >= 15 is 0 Å².